The van der Waals surface area contributed by atoms with E-state index in [1.807, 2.05) is 50.2 Å². The van der Waals surface area contributed by atoms with E-state index in [-0.39, 0.29) is 6.10 Å². The molecule has 2 rings (SSSR count). The van der Waals surface area contributed by atoms with Crippen LogP contribution in [0.4, 0.5) is 17.1 Å². The third-order valence-corrected chi connectivity index (χ3v) is 3.77. The molecule has 0 amide bonds. The monoisotopic (exact) mass is 398 g/mol. The Morgan fingerprint density at radius 3 is 2.55 bits per heavy atom. The molecule has 0 aliphatic rings. The molecule has 20 heavy (non-hydrogen) atoms. The molecule has 2 aromatic carbocycles. The Hall–Kier alpha value is -1.20. The summed E-state index contributed by atoms with van der Waals surface area (Å²) in [5.74, 6) is 0.691. The summed E-state index contributed by atoms with van der Waals surface area (Å²) in [4.78, 5) is 0. The van der Waals surface area contributed by atoms with Gasteiger partial charge in [-0.1, -0.05) is 15.9 Å². The summed E-state index contributed by atoms with van der Waals surface area (Å²) < 4.78 is 7.69. The molecule has 0 fully saturated rings. The molecule has 0 atom stereocenters. The average molecular weight is 400 g/mol. The van der Waals surface area contributed by atoms with Crippen LogP contribution in [-0.2, 0) is 0 Å². The van der Waals surface area contributed by atoms with E-state index in [1.54, 1.807) is 0 Å². The lowest BCUT2D eigenvalue weighted by molar-refractivity contribution is 0.244. The van der Waals surface area contributed by atoms with E-state index in [9.17, 15) is 0 Å². The molecule has 0 aliphatic carbocycles. The molecule has 0 aliphatic heterocycles. The lowest BCUT2D eigenvalue weighted by atomic mass is 10.2. The summed E-state index contributed by atoms with van der Waals surface area (Å²) in [6.07, 6.45) is 0.0881. The van der Waals surface area contributed by atoms with Gasteiger partial charge in [-0.2, -0.15) is 0 Å². The standard InChI is InChI=1S/C15H16Br2N2O/c1-9(2)20-15-8-11(4-6-13(15)18)19-14-7-10(16)3-5-12(14)17/h3-9,19H,18H2,1-2H3. The summed E-state index contributed by atoms with van der Waals surface area (Å²) in [5.41, 5.74) is 8.45. The van der Waals surface area contributed by atoms with Gasteiger partial charge in [0.05, 0.1) is 17.5 Å². The fourth-order valence-corrected chi connectivity index (χ4v) is 2.42. The second kappa shape index (κ2) is 6.50. The quantitative estimate of drug-likeness (QED) is 0.683. The number of rotatable bonds is 4. The van der Waals surface area contributed by atoms with E-state index in [0.717, 1.165) is 20.3 Å². The van der Waals surface area contributed by atoms with E-state index >= 15 is 0 Å². The molecule has 0 unspecified atom stereocenters. The number of nitrogen functional groups attached to an aromatic ring is 1. The molecule has 0 aromatic heterocycles. The van der Waals surface area contributed by atoms with Crippen molar-refractivity contribution in [2.45, 2.75) is 20.0 Å². The zero-order valence-electron chi connectivity index (χ0n) is 11.3. The fraction of sp³-hybridized carbons (Fsp3) is 0.200. The summed E-state index contributed by atoms with van der Waals surface area (Å²) in [5, 5.41) is 3.34. The molecule has 0 heterocycles. The van der Waals surface area contributed by atoms with Crippen LogP contribution in [0, 0.1) is 0 Å². The Balaban J connectivity index is 2.27. The minimum absolute atomic E-state index is 0.0881. The molecule has 0 spiro atoms. The van der Waals surface area contributed by atoms with Crippen molar-refractivity contribution in [3.05, 3.63) is 45.3 Å². The number of hydrogen-bond acceptors (Lipinski definition) is 3. The highest BCUT2D eigenvalue weighted by Gasteiger charge is 2.06. The van der Waals surface area contributed by atoms with Crippen molar-refractivity contribution < 1.29 is 4.74 Å². The third-order valence-electron chi connectivity index (χ3n) is 2.58. The van der Waals surface area contributed by atoms with Crippen molar-refractivity contribution in [1.29, 1.82) is 0 Å². The summed E-state index contributed by atoms with van der Waals surface area (Å²) >= 11 is 6.98. The number of ether oxygens (including phenoxy) is 1. The van der Waals surface area contributed by atoms with E-state index in [0.29, 0.717) is 11.4 Å². The molecule has 2 aromatic rings. The molecule has 3 nitrogen and oxygen atoms in total. The first-order valence-electron chi connectivity index (χ1n) is 6.24. The van der Waals surface area contributed by atoms with Gasteiger partial charge in [-0.25, -0.2) is 0 Å². The third kappa shape index (κ3) is 3.90. The lowest BCUT2D eigenvalue weighted by Crippen LogP contribution is -2.07. The van der Waals surface area contributed by atoms with Crippen LogP contribution in [0.5, 0.6) is 5.75 Å². The smallest absolute Gasteiger partial charge is 0.144 e. The van der Waals surface area contributed by atoms with E-state index in [1.165, 1.54) is 0 Å². The van der Waals surface area contributed by atoms with Crippen LogP contribution >= 0.6 is 31.9 Å². The number of benzene rings is 2. The Morgan fingerprint density at radius 2 is 1.85 bits per heavy atom. The number of halogens is 2. The number of nitrogens with two attached hydrogens (primary N) is 1. The molecular weight excluding hydrogens is 384 g/mol. The van der Waals surface area contributed by atoms with Crippen molar-refractivity contribution >= 4 is 48.9 Å². The normalized spacial score (nSPS) is 10.7. The molecule has 0 saturated carbocycles. The van der Waals surface area contributed by atoms with Gasteiger partial charge in [-0.05, 0) is 60.1 Å². The Kier molecular flexibility index (Phi) is 4.94. The Morgan fingerprint density at radius 1 is 1.10 bits per heavy atom. The van der Waals surface area contributed by atoms with Crippen molar-refractivity contribution in [1.82, 2.24) is 0 Å². The second-order valence-corrected chi connectivity index (χ2v) is 6.44. The maximum absolute atomic E-state index is 5.92. The highest BCUT2D eigenvalue weighted by molar-refractivity contribution is 9.11. The van der Waals surface area contributed by atoms with Gasteiger partial charge in [0.25, 0.3) is 0 Å². The zero-order chi connectivity index (χ0) is 14.7. The topological polar surface area (TPSA) is 47.3 Å². The Labute approximate surface area is 135 Å². The SMILES string of the molecule is CC(C)Oc1cc(Nc2cc(Br)ccc2Br)ccc1N. The van der Waals surface area contributed by atoms with Crippen LogP contribution in [0.3, 0.4) is 0 Å². The van der Waals surface area contributed by atoms with Gasteiger partial charge in [0.15, 0.2) is 0 Å². The highest BCUT2D eigenvalue weighted by atomic mass is 79.9. The van der Waals surface area contributed by atoms with Crippen molar-refractivity contribution in [2.24, 2.45) is 0 Å². The van der Waals surface area contributed by atoms with Gasteiger partial charge in [0.2, 0.25) is 0 Å². The minimum Gasteiger partial charge on any atom is -0.489 e. The molecule has 3 N–H and O–H groups in total. The van der Waals surface area contributed by atoms with Crippen molar-refractivity contribution in [3.8, 4) is 5.75 Å². The fourth-order valence-electron chi connectivity index (χ4n) is 1.72. The van der Waals surface area contributed by atoms with Crippen LogP contribution in [0.2, 0.25) is 0 Å². The zero-order valence-corrected chi connectivity index (χ0v) is 14.5. The first-order valence-corrected chi connectivity index (χ1v) is 7.82. The van der Waals surface area contributed by atoms with Crippen LogP contribution in [0.25, 0.3) is 0 Å². The predicted octanol–water partition coefficient (Wildman–Crippen LogP) is 5.32. The van der Waals surface area contributed by atoms with Crippen molar-refractivity contribution in [3.63, 3.8) is 0 Å². The van der Waals surface area contributed by atoms with Crippen molar-refractivity contribution in [2.75, 3.05) is 11.1 Å². The number of nitrogens with one attached hydrogen (secondary N) is 1. The maximum Gasteiger partial charge on any atom is 0.144 e. The molecule has 0 radical (unpaired) electrons. The summed E-state index contributed by atoms with van der Waals surface area (Å²) in [7, 11) is 0. The van der Waals surface area contributed by atoms with Crippen LogP contribution in [0.1, 0.15) is 13.8 Å². The first kappa shape index (κ1) is 15.2. The van der Waals surface area contributed by atoms with E-state index in [4.69, 9.17) is 10.5 Å². The number of anilines is 3. The van der Waals surface area contributed by atoms with Crippen LogP contribution in [0.15, 0.2) is 45.3 Å². The molecule has 106 valence electrons. The second-order valence-electron chi connectivity index (χ2n) is 4.67. The highest BCUT2D eigenvalue weighted by Crippen LogP contribution is 2.32. The van der Waals surface area contributed by atoms with Gasteiger partial charge >= 0.3 is 0 Å². The van der Waals surface area contributed by atoms with Gasteiger partial charge < -0.3 is 15.8 Å². The van der Waals surface area contributed by atoms with E-state index in [2.05, 4.69) is 37.2 Å². The summed E-state index contributed by atoms with van der Waals surface area (Å²) in [6, 6.07) is 11.6. The summed E-state index contributed by atoms with van der Waals surface area (Å²) in [6.45, 7) is 3.95. The molecular formula is C15H16Br2N2O. The van der Waals surface area contributed by atoms with Crippen LogP contribution in [-0.4, -0.2) is 6.10 Å². The van der Waals surface area contributed by atoms with Gasteiger partial charge in [0.1, 0.15) is 5.75 Å². The molecule has 5 heteroatoms. The van der Waals surface area contributed by atoms with E-state index < -0.39 is 0 Å². The predicted molar refractivity (Wildman–Crippen MR) is 91.7 cm³/mol. The van der Waals surface area contributed by atoms with Crippen LogP contribution < -0.4 is 15.8 Å². The maximum atomic E-state index is 5.92. The molecule has 0 saturated heterocycles. The van der Waals surface area contributed by atoms with Gasteiger partial charge in [-0.15, -0.1) is 0 Å². The Bertz CT molecular complexity index is 615. The number of hydrogen-bond donors (Lipinski definition) is 2. The minimum atomic E-state index is 0.0881. The lowest BCUT2D eigenvalue weighted by Gasteiger charge is -2.15. The van der Waals surface area contributed by atoms with Gasteiger partial charge in [-0.3, -0.25) is 0 Å². The first-order chi connectivity index (χ1) is 9.45. The van der Waals surface area contributed by atoms with Gasteiger partial charge in [0, 0.05) is 20.7 Å². The average Bonchev–Trinajstić information content (AvgIpc) is 2.37. The largest absolute Gasteiger partial charge is 0.489 e. The molecule has 0 bridgehead atoms.